The molecule has 1 fully saturated rings. The number of rotatable bonds is 5. The number of carbonyl (C=O) groups excluding carboxylic acids is 1. The maximum absolute atomic E-state index is 11.5. The molecule has 1 aliphatic rings. The number of furan rings is 1. The van der Waals surface area contributed by atoms with Gasteiger partial charge in [0.25, 0.3) is 0 Å². The van der Waals surface area contributed by atoms with Crippen molar-refractivity contribution in [3.05, 3.63) is 23.7 Å². The number of nitrogens with one attached hydrogen (secondary N) is 1. The van der Waals surface area contributed by atoms with Crippen molar-refractivity contribution in [2.24, 2.45) is 5.92 Å². The lowest BCUT2D eigenvalue weighted by atomic mass is 9.93. The Balaban J connectivity index is 1.88. The Hall–Kier alpha value is -1.29. The van der Waals surface area contributed by atoms with Gasteiger partial charge in [-0.15, -0.1) is 0 Å². The molecular weight excluding hydrogens is 254 g/mol. The van der Waals surface area contributed by atoms with Crippen molar-refractivity contribution in [2.75, 3.05) is 7.11 Å². The van der Waals surface area contributed by atoms with Gasteiger partial charge in [0.1, 0.15) is 0 Å². The zero-order valence-electron chi connectivity index (χ0n) is 12.5. The molecule has 1 aromatic rings. The highest BCUT2D eigenvalue weighted by molar-refractivity contribution is 5.87. The van der Waals surface area contributed by atoms with Crippen molar-refractivity contribution >= 4 is 5.97 Å². The molecule has 1 N–H and O–H groups in total. The van der Waals surface area contributed by atoms with Crippen LogP contribution < -0.4 is 5.32 Å². The number of esters is 1. The van der Waals surface area contributed by atoms with E-state index in [1.165, 1.54) is 45.6 Å². The zero-order chi connectivity index (χ0) is 14.4. The van der Waals surface area contributed by atoms with E-state index in [0.717, 1.165) is 11.5 Å². The third-order valence-corrected chi connectivity index (χ3v) is 4.34. The second-order valence-electron chi connectivity index (χ2n) is 5.69. The molecule has 1 aliphatic carbocycles. The standard InChI is InChI=1S/C16H25NO3/c1-12(13-7-5-3-4-6-8-13)17-11-14-9-10-20-15(14)16(18)19-2/h9-10,12-13,17H,3-8,11H2,1-2H3/t12-/m1/s1. The van der Waals surface area contributed by atoms with Gasteiger partial charge in [0.2, 0.25) is 5.76 Å². The van der Waals surface area contributed by atoms with E-state index >= 15 is 0 Å². The van der Waals surface area contributed by atoms with Gasteiger partial charge in [0.15, 0.2) is 0 Å². The Morgan fingerprint density at radius 2 is 2.10 bits per heavy atom. The van der Waals surface area contributed by atoms with E-state index in [0.29, 0.717) is 18.3 Å². The summed E-state index contributed by atoms with van der Waals surface area (Å²) in [5.74, 6) is 0.646. The first-order valence-corrected chi connectivity index (χ1v) is 7.60. The lowest BCUT2D eigenvalue weighted by Crippen LogP contribution is -2.33. The predicted octanol–water partition coefficient (Wildman–Crippen LogP) is 3.51. The maximum Gasteiger partial charge on any atom is 0.374 e. The molecule has 1 saturated carbocycles. The van der Waals surface area contributed by atoms with Gasteiger partial charge in [0.05, 0.1) is 13.4 Å². The lowest BCUT2D eigenvalue weighted by Gasteiger charge is -2.23. The van der Waals surface area contributed by atoms with Gasteiger partial charge in [0, 0.05) is 18.2 Å². The Morgan fingerprint density at radius 1 is 1.40 bits per heavy atom. The van der Waals surface area contributed by atoms with Crippen LogP contribution in [0.1, 0.15) is 61.6 Å². The van der Waals surface area contributed by atoms with Crippen molar-refractivity contribution in [3.63, 3.8) is 0 Å². The van der Waals surface area contributed by atoms with Gasteiger partial charge in [-0.25, -0.2) is 4.79 Å². The molecule has 112 valence electrons. The lowest BCUT2D eigenvalue weighted by molar-refractivity contribution is 0.0563. The molecule has 4 heteroatoms. The third kappa shape index (κ3) is 3.85. The highest BCUT2D eigenvalue weighted by Crippen LogP contribution is 2.25. The molecule has 0 aromatic carbocycles. The highest BCUT2D eigenvalue weighted by Gasteiger charge is 2.20. The molecule has 1 heterocycles. The van der Waals surface area contributed by atoms with Crippen LogP contribution in [0.15, 0.2) is 16.7 Å². The quantitative estimate of drug-likeness (QED) is 0.662. The normalized spacial score (nSPS) is 18.5. The van der Waals surface area contributed by atoms with Gasteiger partial charge in [-0.2, -0.15) is 0 Å². The fourth-order valence-corrected chi connectivity index (χ4v) is 3.00. The van der Waals surface area contributed by atoms with Crippen LogP contribution in [0.5, 0.6) is 0 Å². The summed E-state index contributed by atoms with van der Waals surface area (Å²) in [4.78, 5) is 11.5. The van der Waals surface area contributed by atoms with Crippen LogP contribution in [0.2, 0.25) is 0 Å². The van der Waals surface area contributed by atoms with Crippen molar-refractivity contribution in [1.82, 2.24) is 5.32 Å². The molecule has 4 nitrogen and oxygen atoms in total. The third-order valence-electron chi connectivity index (χ3n) is 4.34. The minimum atomic E-state index is -0.408. The molecule has 0 unspecified atom stereocenters. The van der Waals surface area contributed by atoms with Crippen LogP contribution in [0.4, 0.5) is 0 Å². The first kappa shape index (κ1) is 15.1. The minimum absolute atomic E-state index is 0.313. The second-order valence-corrected chi connectivity index (χ2v) is 5.69. The number of hydrogen-bond acceptors (Lipinski definition) is 4. The van der Waals surface area contributed by atoms with Crippen LogP contribution >= 0.6 is 0 Å². The Labute approximate surface area is 120 Å². The number of methoxy groups -OCH3 is 1. The summed E-state index contributed by atoms with van der Waals surface area (Å²) in [6.07, 6.45) is 9.59. The molecule has 1 atom stereocenters. The second kappa shape index (κ2) is 7.48. The van der Waals surface area contributed by atoms with E-state index in [2.05, 4.69) is 12.2 Å². The molecule has 0 spiro atoms. The van der Waals surface area contributed by atoms with Crippen molar-refractivity contribution < 1.29 is 13.9 Å². The molecule has 0 amide bonds. The molecule has 0 aliphatic heterocycles. The van der Waals surface area contributed by atoms with E-state index < -0.39 is 5.97 Å². The summed E-state index contributed by atoms with van der Waals surface area (Å²) in [7, 11) is 1.37. The summed E-state index contributed by atoms with van der Waals surface area (Å²) in [5, 5.41) is 3.53. The number of hydrogen-bond donors (Lipinski definition) is 1. The van der Waals surface area contributed by atoms with Crippen LogP contribution in [0, 0.1) is 5.92 Å². The van der Waals surface area contributed by atoms with Gasteiger partial charge < -0.3 is 14.5 Å². The zero-order valence-corrected chi connectivity index (χ0v) is 12.5. The first-order valence-electron chi connectivity index (χ1n) is 7.60. The highest BCUT2D eigenvalue weighted by atomic mass is 16.5. The molecule has 20 heavy (non-hydrogen) atoms. The maximum atomic E-state index is 11.5. The Bertz CT molecular complexity index is 419. The summed E-state index contributed by atoms with van der Waals surface area (Å²) < 4.78 is 9.92. The SMILES string of the molecule is COC(=O)c1occc1CN[C@H](C)C1CCCCCC1. The Morgan fingerprint density at radius 3 is 2.75 bits per heavy atom. The predicted molar refractivity (Wildman–Crippen MR) is 77.5 cm³/mol. The minimum Gasteiger partial charge on any atom is -0.463 e. The fourth-order valence-electron chi connectivity index (χ4n) is 3.00. The fraction of sp³-hybridized carbons (Fsp3) is 0.688. The van der Waals surface area contributed by atoms with Gasteiger partial charge >= 0.3 is 5.97 Å². The van der Waals surface area contributed by atoms with Crippen LogP contribution in [0.25, 0.3) is 0 Å². The van der Waals surface area contributed by atoms with E-state index in [1.807, 2.05) is 6.07 Å². The van der Waals surface area contributed by atoms with Gasteiger partial charge in [-0.05, 0) is 31.7 Å². The molecule has 0 saturated heterocycles. The monoisotopic (exact) mass is 279 g/mol. The molecular formula is C16H25NO3. The van der Waals surface area contributed by atoms with E-state index in [1.54, 1.807) is 6.26 Å². The topological polar surface area (TPSA) is 51.5 Å². The summed E-state index contributed by atoms with van der Waals surface area (Å²) in [6, 6.07) is 2.30. The number of ether oxygens (including phenoxy) is 1. The van der Waals surface area contributed by atoms with E-state index in [9.17, 15) is 4.79 Å². The number of carbonyl (C=O) groups is 1. The van der Waals surface area contributed by atoms with Crippen LogP contribution in [-0.4, -0.2) is 19.1 Å². The average molecular weight is 279 g/mol. The molecule has 2 rings (SSSR count). The molecule has 0 bridgehead atoms. The Kier molecular flexibility index (Phi) is 5.65. The summed E-state index contributed by atoms with van der Waals surface area (Å²) in [6.45, 7) is 2.90. The molecule has 0 radical (unpaired) electrons. The van der Waals surface area contributed by atoms with Crippen molar-refractivity contribution in [1.29, 1.82) is 0 Å². The van der Waals surface area contributed by atoms with Gasteiger partial charge in [-0.3, -0.25) is 0 Å². The average Bonchev–Trinajstić information content (AvgIpc) is 2.76. The van der Waals surface area contributed by atoms with E-state index in [-0.39, 0.29) is 0 Å². The largest absolute Gasteiger partial charge is 0.463 e. The van der Waals surface area contributed by atoms with E-state index in [4.69, 9.17) is 9.15 Å². The molecule has 1 aromatic heterocycles. The van der Waals surface area contributed by atoms with Crippen LogP contribution in [0.3, 0.4) is 0 Å². The summed E-state index contributed by atoms with van der Waals surface area (Å²) in [5.41, 5.74) is 0.873. The first-order chi connectivity index (χ1) is 9.72. The van der Waals surface area contributed by atoms with Crippen LogP contribution in [-0.2, 0) is 11.3 Å². The smallest absolute Gasteiger partial charge is 0.374 e. The van der Waals surface area contributed by atoms with Crippen molar-refractivity contribution in [3.8, 4) is 0 Å². The van der Waals surface area contributed by atoms with Crippen molar-refractivity contribution in [2.45, 2.75) is 58.0 Å². The summed E-state index contributed by atoms with van der Waals surface area (Å²) >= 11 is 0. The van der Waals surface area contributed by atoms with Gasteiger partial charge in [-0.1, -0.05) is 25.7 Å².